The molecule has 1 aromatic rings. The van der Waals surface area contributed by atoms with Gasteiger partial charge in [-0.15, -0.1) is 11.6 Å². The minimum absolute atomic E-state index is 0.278. The Morgan fingerprint density at radius 3 is 2.69 bits per heavy atom. The molecule has 90 valence electrons. The van der Waals surface area contributed by atoms with E-state index in [4.69, 9.17) is 21.1 Å². The van der Waals surface area contributed by atoms with Crippen LogP contribution in [0.1, 0.15) is 18.9 Å². The number of halogens is 2. The van der Waals surface area contributed by atoms with Gasteiger partial charge in [0.1, 0.15) is 18.2 Å². The van der Waals surface area contributed by atoms with Crippen LogP contribution in [0.4, 0.5) is 4.39 Å². The second kappa shape index (κ2) is 7.47. The zero-order valence-electron chi connectivity index (χ0n) is 9.34. The van der Waals surface area contributed by atoms with Gasteiger partial charge in [0.25, 0.3) is 0 Å². The molecule has 0 atom stereocenters. The molecule has 0 fully saturated rings. The van der Waals surface area contributed by atoms with Gasteiger partial charge < -0.3 is 9.47 Å². The van der Waals surface area contributed by atoms with Crippen LogP contribution in [0, 0.1) is 5.82 Å². The highest BCUT2D eigenvalue weighted by Crippen LogP contribution is 2.17. The zero-order valence-corrected chi connectivity index (χ0v) is 10.1. The summed E-state index contributed by atoms with van der Waals surface area (Å²) in [5.41, 5.74) is 0.714. The van der Waals surface area contributed by atoms with Crippen molar-refractivity contribution in [3.63, 3.8) is 0 Å². The van der Waals surface area contributed by atoms with E-state index in [1.165, 1.54) is 12.1 Å². The summed E-state index contributed by atoms with van der Waals surface area (Å²) >= 11 is 5.63. The maximum absolute atomic E-state index is 13.1. The first kappa shape index (κ1) is 13.3. The van der Waals surface area contributed by atoms with Gasteiger partial charge in [-0.05, 0) is 24.1 Å². The molecule has 0 unspecified atom stereocenters. The molecule has 0 aromatic heterocycles. The molecule has 1 rings (SSSR count). The van der Waals surface area contributed by atoms with Gasteiger partial charge in [0.2, 0.25) is 0 Å². The van der Waals surface area contributed by atoms with Crippen molar-refractivity contribution >= 4 is 11.6 Å². The van der Waals surface area contributed by atoms with Crippen molar-refractivity contribution in [1.29, 1.82) is 0 Å². The lowest BCUT2D eigenvalue weighted by molar-refractivity contribution is 0.100. The average Bonchev–Trinajstić information content (AvgIpc) is 2.28. The van der Waals surface area contributed by atoms with Gasteiger partial charge in [-0.2, -0.15) is 0 Å². The van der Waals surface area contributed by atoms with Crippen molar-refractivity contribution in [3.8, 4) is 5.75 Å². The summed E-state index contributed by atoms with van der Waals surface area (Å²) < 4.78 is 23.7. The highest BCUT2D eigenvalue weighted by Gasteiger charge is 2.01. The highest BCUT2D eigenvalue weighted by atomic mass is 35.5. The average molecular weight is 247 g/mol. The lowest BCUT2D eigenvalue weighted by Gasteiger charge is -2.08. The monoisotopic (exact) mass is 246 g/mol. The lowest BCUT2D eigenvalue weighted by atomic mass is 10.2. The van der Waals surface area contributed by atoms with Crippen molar-refractivity contribution in [2.45, 2.75) is 19.2 Å². The molecule has 1 aromatic carbocycles. The normalized spacial score (nSPS) is 10.4. The number of hydrogen-bond acceptors (Lipinski definition) is 2. The molecule has 0 saturated carbocycles. The maximum atomic E-state index is 13.1. The Balaban J connectivity index is 2.38. The molecule has 0 amide bonds. The van der Waals surface area contributed by atoms with Crippen LogP contribution in [-0.2, 0) is 10.6 Å². The molecule has 0 aliphatic rings. The third kappa shape index (κ3) is 4.81. The van der Waals surface area contributed by atoms with E-state index in [0.29, 0.717) is 24.5 Å². The third-order valence-corrected chi connectivity index (χ3v) is 2.24. The highest BCUT2D eigenvalue weighted by molar-refractivity contribution is 6.17. The minimum atomic E-state index is -0.331. The number of ether oxygens (including phenoxy) is 2. The second-order valence-electron chi connectivity index (χ2n) is 3.39. The fraction of sp³-hybridized carbons (Fsp3) is 0.500. The molecule has 16 heavy (non-hydrogen) atoms. The smallest absolute Gasteiger partial charge is 0.127 e. The molecule has 0 radical (unpaired) electrons. The van der Waals surface area contributed by atoms with E-state index < -0.39 is 0 Å². The van der Waals surface area contributed by atoms with Crippen molar-refractivity contribution in [2.75, 3.05) is 19.8 Å². The zero-order chi connectivity index (χ0) is 11.8. The molecule has 0 heterocycles. The first-order chi connectivity index (χ1) is 7.76. The molecule has 0 aliphatic heterocycles. The van der Waals surface area contributed by atoms with Crippen molar-refractivity contribution in [3.05, 3.63) is 29.6 Å². The summed E-state index contributed by atoms with van der Waals surface area (Å²) in [4.78, 5) is 0. The van der Waals surface area contributed by atoms with E-state index in [9.17, 15) is 4.39 Å². The third-order valence-electron chi connectivity index (χ3n) is 1.93. The molecule has 0 N–H and O–H groups in total. The summed E-state index contributed by atoms with van der Waals surface area (Å²) in [6.45, 7) is 3.70. The molecular formula is C12H16ClFO2. The van der Waals surface area contributed by atoms with E-state index in [1.807, 2.05) is 6.92 Å². The lowest BCUT2D eigenvalue weighted by Crippen LogP contribution is -2.07. The summed E-state index contributed by atoms with van der Waals surface area (Å²) in [7, 11) is 0. The minimum Gasteiger partial charge on any atom is -0.491 e. The predicted octanol–water partition coefficient (Wildman–Crippen LogP) is 3.37. The van der Waals surface area contributed by atoms with Gasteiger partial charge >= 0.3 is 0 Å². The van der Waals surface area contributed by atoms with Gasteiger partial charge in [-0.25, -0.2) is 4.39 Å². The quantitative estimate of drug-likeness (QED) is 0.543. The number of hydrogen-bond donors (Lipinski definition) is 0. The molecule has 0 spiro atoms. The van der Waals surface area contributed by atoms with E-state index in [-0.39, 0.29) is 11.7 Å². The molecule has 0 aliphatic carbocycles. The van der Waals surface area contributed by atoms with E-state index in [0.717, 1.165) is 13.0 Å². The second-order valence-corrected chi connectivity index (χ2v) is 3.66. The Morgan fingerprint density at radius 1 is 1.19 bits per heavy atom. The molecule has 0 saturated heterocycles. The largest absolute Gasteiger partial charge is 0.491 e. The van der Waals surface area contributed by atoms with Gasteiger partial charge in [0.15, 0.2) is 0 Å². The van der Waals surface area contributed by atoms with Crippen LogP contribution in [0.25, 0.3) is 0 Å². The van der Waals surface area contributed by atoms with Crippen LogP contribution in [0.2, 0.25) is 0 Å². The number of rotatable bonds is 7. The van der Waals surface area contributed by atoms with Crippen LogP contribution in [0.15, 0.2) is 18.2 Å². The van der Waals surface area contributed by atoms with Crippen LogP contribution in [-0.4, -0.2) is 19.8 Å². The first-order valence-electron chi connectivity index (χ1n) is 5.32. The Hall–Kier alpha value is -0.800. The van der Waals surface area contributed by atoms with Gasteiger partial charge in [0, 0.05) is 18.6 Å². The van der Waals surface area contributed by atoms with Crippen LogP contribution < -0.4 is 4.74 Å². The molecule has 4 heteroatoms. The van der Waals surface area contributed by atoms with E-state index in [2.05, 4.69) is 0 Å². The van der Waals surface area contributed by atoms with Gasteiger partial charge in [-0.1, -0.05) is 6.92 Å². The Labute approximate surface area is 100 Å². The summed E-state index contributed by atoms with van der Waals surface area (Å²) in [5.74, 6) is 0.443. The number of alkyl halides is 1. The van der Waals surface area contributed by atoms with Gasteiger partial charge in [0.05, 0.1) is 6.61 Å². The van der Waals surface area contributed by atoms with E-state index in [1.54, 1.807) is 6.07 Å². The van der Waals surface area contributed by atoms with Crippen LogP contribution >= 0.6 is 11.6 Å². The topological polar surface area (TPSA) is 18.5 Å². The molecule has 0 bridgehead atoms. The SMILES string of the molecule is CCCOCCOc1cc(F)cc(CCl)c1. The van der Waals surface area contributed by atoms with Crippen molar-refractivity contribution in [2.24, 2.45) is 0 Å². The summed E-state index contributed by atoms with van der Waals surface area (Å²) in [5, 5.41) is 0. The Kier molecular flexibility index (Phi) is 6.19. The summed E-state index contributed by atoms with van der Waals surface area (Å²) in [6, 6.07) is 4.47. The first-order valence-corrected chi connectivity index (χ1v) is 5.85. The van der Waals surface area contributed by atoms with Crippen molar-refractivity contribution in [1.82, 2.24) is 0 Å². The molecular weight excluding hydrogens is 231 g/mol. The maximum Gasteiger partial charge on any atom is 0.127 e. The summed E-state index contributed by atoms with van der Waals surface area (Å²) in [6.07, 6.45) is 0.983. The van der Waals surface area contributed by atoms with E-state index >= 15 is 0 Å². The number of benzene rings is 1. The predicted molar refractivity (Wildman–Crippen MR) is 62.6 cm³/mol. The Morgan fingerprint density at radius 2 is 2.00 bits per heavy atom. The fourth-order valence-corrected chi connectivity index (χ4v) is 1.40. The standard InChI is InChI=1S/C12H16ClFO2/c1-2-3-15-4-5-16-12-7-10(9-13)6-11(14)8-12/h6-8H,2-5,9H2,1H3. The van der Waals surface area contributed by atoms with Crippen molar-refractivity contribution < 1.29 is 13.9 Å². The Bertz CT molecular complexity index is 318. The van der Waals surface area contributed by atoms with Gasteiger partial charge in [-0.3, -0.25) is 0 Å². The fourth-order valence-electron chi connectivity index (χ4n) is 1.25. The van der Waals surface area contributed by atoms with Crippen LogP contribution in [0.3, 0.4) is 0 Å². The van der Waals surface area contributed by atoms with Crippen LogP contribution in [0.5, 0.6) is 5.75 Å². The molecule has 2 nitrogen and oxygen atoms in total.